The summed E-state index contributed by atoms with van der Waals surface area (Å²) in [5.41, 5.74) is 0. The van der Waals surface area contributed by atoms with Crippen molar-refractivity contribution in [3.05, 3.63) is 0 Å². The summed E-state index contributed by atoms with van der Waals surface area (Å²) < 4.78 is 15.0. The highest BCUT2D eigenvalue weighted by atomic mass is 16.5. The molecule has 7 heteroatoms. The summed E-state index contributed by atoms with van der Waals surface area (Å²) in [5.74, 6) is -0.489. The van der Waals surface area contributed by atoms with E-state index in [9.17, 15) is 14.4 Å². The summed E-state index contributed by atoms with van der Waals surface area (Å²) in [4.78, 5) is 32.4. The molecule has 270 valence electrons. The Morgan fingerprint density at radius 1 is 0.304 bits per heavy atom. The minimum Gasteiger partial charge on any atom is -0.466 e. The zero-order chi connectivity index (χ0) is 33.8. The van der Waals surface area contributed by atoms with E-state index in [2.05, 4.69) is 0 Å². The van der Waals surface area contributed by atoms with E-state index in [1.807, 2.05) is 0 Å². The number of carbonyl (C=O) groups is 3. The molecule has 0 saturated carbocycles. The summed E-state index contributed by atoms with van der Waals surface area (Å²) in [7, 11) is 0. The van der Waals surface area contributed by atoms with Gasteiger partial charge in [-0.05, 0) is 19.3 Å². The molecule has 0 N–H and O–H groups in total. The fraction of sp³-hybridized carbons (Fsp3) is 0.923. The third-order valence-corrected chi connectivity index (χ3v) is 9.19. The Morgan fingerprint density at radius 3 is 0.674 bits per heavy atom. The van der Waals surface area contributed by atoms with E-state index in [1.54, 1.807) is 0 Å². The predicted octanol–water partition coefficient (Wildman–Crippen LogP) is 11.7. The molecule has 6 nitrogen and oxygen atoms in total. The molecule has 0 amide bonds. The Morgan fingerprint density at radius 2 is 0.478 bits per heavy atom. The molecule has 0 saturated heterocycles. The first-order valence-corrected chi connectivity index (χ1v) is 19.8. The van der Waals surface area contributed by atoms with Crippen LogP contribution in [-0.4, -0.2) is 44.4 Å². The van der Waals surface area contributed by atoms with Crippen molar-refractivity contribution in [2.24, 2.45) is 0 Å². The van der Waals surface area contributed by atoms with Gasteiger partial charge in [0.15, 0.2) is 0 Å². The van der Waals surface area contributed by atoms with E-state index >= 15 is 0 Å². The highest BCUT2D eigenvalue weighted by Gasteiger charge is 2.13. The van der Waals surface area contributed by atoms with E-state index in [0.29, 0.717) is 19.8 Å². The molecule has 0 aliphatic heterocycles. The van der Waals surface area contributed by atoms with Crippen molar-refractivity contribution in [1.29, 1.82) is 0 Å². The van der Waals surface area contributed by atoms with Crippen LogP contribution in [0.5, 0.6) is 0 Å². The lowest BCUT2D eigenvalue weighted by molar-refractivity contribution is -0.142. The van der Waals surface area contributed by atoms with E-state index in [0.717, 1.165) is 26.0 Å². The molecule has 0 rings (SSSR count). The Labute approximate surface area is 285 Å². The monoisotopic (exact) mass is 651 g/mol. The van der Waals surface area contributed by atoms with Crippen molar-refractivity contribution in [2.45, 2.75) is 213 Å². The van der Waals surface area contributed by atoms with Crippen LogP contribution in [0.1, 0.15) is 194 Å². The van der Waals surface area contributed by atoms with E-state index in [4.69, 9.17) is 14.2 Å². The molecular weight excluding hydrogens is 575 g/mol. The van der Waals surface area contributed by atoms with Gasteiger partial charge in [-0.1, -0.05) is 173 Å². The van der Waals surface area contributed by atoms with Crippen LogP contribution in [-0.2, 0) is 28.6 Å². The number of ether oxygens (including phenoxy) is 3. The lowest BCUT2D eigenvalue weighted by Gasteiger charge is -2.14. The molecule has 0 fully saturated rings. The number of carbonyl (C=O) groups excluding carboxylic acids is 3. The molecule has 0 spiro atoms. The Hall–Kier alpha value is -1.53. The number of hydrogen-bond acceptors (Lipinski definition) is 6. The zero-order valence-corrected chi connectivity index (χ0v) is 30.9. The SMILES string of the molecule is CC(=O)OCCCCCCCCCCCB(CCCCCCCCCCCOC(C)=O)CCCCCCCCCCCOC(C)=O. The molecule has 0 aliphatic carbocycles. The number of esters is 3. The minimum atomic E-state index is -0.163. The van der Waals surface area contributed by atoms with Crippen LogP contribution >= 0.6 is 0 Å². The lowest BCUT2D eigenvalue weighted by atomic mass is 9.41. The maximum Gasteiger partial charge on any atom is 0.302 e. The highest BCUT2D eigenvalue weighted by molar-refractivity contribution is 6.58. The van der Waals surface area contributed by atoms with Crippen LogP contribution in [0.2, 0.25) is 19.0 Å². The van der Waals surface area contributed by atoms with Crippen LogP contribution in [0, 0.1) is 0 Å². The van der Waals surface area contributed by atoms with Gasteiger partial charge in [0.25, 0.3) is 0 Å². The van der Waals surface area contributed by atoms with Crippen LogP contribution in [0.3, 0.4) is 0 Å². The molecule has 0 atom stereocenters. The van der Waals surface area contributed by atoms with Gasteiger partial charge in [-0.3, -0.25) is 14.4 Å². The molecule has 0 aliphatic rings. The Bertz CT molecular complexity index is 595. The summed E-state index contributed by atoms with van der Waals surface area (Å²) >= 11 is 0. The minimum absolute atomic E-state index is 0.163. The number of hydrogen-bond donors (Lipinski definition) is 0. The smallest absolute Gasteiger partial charge is 0.302 e. The summed E-state index contributed by atoms with van der Waals surface area (Å²) in [5, 5.41) is 0. The van der Waals surface area contributed by atoms with Crippen molar-refractivity contribution >= 4 is 24.6 Å². The van der Waals surface area contributed by atoms with Crippen molar-refractivity contribution < 1.29 is 28.6 Å². The summed E-state index contributed by atoms with van der Waals surface area (Å²) in [6.45, 7) is 7.12. The lowest BCUT2D eigenvalue weighted by Crippen LogP contribution is -2.12. The van der Waals surface area contributed by atoms with Gasteiger partial charge >= 0.3 is 17.9 Å². The van der Waals surface area contributed by atoms with Gasteiger partial charge in [-0.2, -0.15) is 0 Å². The fourth-order valence-electron chi connectivity index (χ4n) is 6.40. The molecule has 0 unspecified atom stereocenters. The van der Waals surface area contributed by atoms with Gasteiger partial charge in [-0.25, -0.2) is 0 Å². The third kappa shape index (κ3) is 38.7. The Kier molecular flexibility index (Phi) is 35.1. The van der Waals surface area contributed by atoms with Crippen LogP contribution in [0.25, 0.3) is 0 Å². The highest BCUT2D eigenvalue weighted by Crippen LogP contribution is 2.21. The first-order valence-electron chi connectivity index (χ1n) is 19.8. The quantitative estimate of drug-likeness (QED) is 0.0291. The van der Waals surface area contributed by atoms with Crippen LogP contribution in [0.15, 0.2) is 0 Å². The third-order valence-electron chi connectivity index (χ3n) is 9.19. The van der Waals surface area contributed by atoms with E-state index in [-0.39, 0.29) is 17.9 Å². The molecule has 0 aromatic heterocycles. The second-order valence-corrected chi connectivity index (χ2v) is 13.8. The van der Waals surface area contributed by atoms with Gasteiger partial charge in [0, 0.05) is 20.8 Å². The normalized spacial score (nSPS) is 11.0. The van der Waals surface area contributed by atoms with Crippen LogP contribution in [0.4, 0.5) is 0 Å². The fourth-order valence-corrected chi connectivity index (χ4v) is 6.40. The van der Waals surface area contributed by atoms with Crippen molar-refractivity contribution in [3.8, 4) is 0 Å². The zero-order valence-electron chi connectivity index (χ0n) is 30.9. The van der Waals surface area contributed by atoms with Crippen molar-refractivity contribution in [2.75, 3.05) is 19.8 Å². The maximum absolute atomic E-state index is 10.8. The van der Waals surface area contributed by atoms with Crippen molar-refractivity contribution in [1.82, 2.24) is 0 Å². The average Bonchev–Trinajstić information content (AvgIpc) is 3.01. The largest absolute Gasteiger partial charge is 0.466 e. The first-order chi connectivity index (χ1) is 22.4. The Balaban J connectivity index is 3.96. The van der Waals surface area contributed by atoms with Crippen molar-refractivity contribution in [3.63, 3.8) is 0 Å². The molecule has 46 heavy (non-hydrogen) atoms. The van der Waals surface area contributed by atoms with Gasteiger partial charge in [-0.15, -0.1) is 0 Å². The van der Waals surface area contributed by atoms with Gasteiger partial charge in [0.1, 0.15) is 6.71 Å². The van der Waals surface area contributed by atoms with Crippen LogP contribution < -0.4 is 0 Å². The first kappa shape index (κ1) is 44.5. The maximum atomic E-state index is 10.8. The van der Waals surface area contributed by atoms with Gasteiger partial charge < -0.3 is 14.2 Å². The molecule has 0 bridgehead atoms. The summed E-state index contributed by atoms with van der Waals surface area (Å²) in [6.07, 6.45) is 39.2. The second kappa shape index (κ2) is 36.3. The van der Waals surface area contributed by atoms with Gasteiger partial charge in [0.2, 0.25) is 0 Å². The predicted molar refractivity (Wildman–Crippen MR) is 195 cm³/mol. The van der Waals surface area contributed by atoms with E-state index in [1.165, 1.54) is 194 Å². The molecular formula is C39H75BO6. The molecule has 0 aromatic carbocycles. The number of rotatable bonds is 36. The topological polar surface area (TPSA) is 78.9 Å². The van der Waals surface area contributed by atoms with Gasteiger partial charge in [0.05, 0.1) is 19.8 Å². The standard InChI is InChI=1S/C39H75BO6/c1-37(41)44-34-28-22-16-10-4-7-13-19-25-31-40(32-26-20-14-8-5-11-17-23-29-35-45-38(2)42)33-27-21-15-9-6-12-18-24-30-36-46-39(3)43/h4-36H2,1-3H3. The molecule has 0 aromatic rings. The molecule has 0 heterocycles. The average molecular weight is 651 g/mol. The molecule has 0 radical (unpaired) electrons. The second-order valence-electron chi connectivity index (χ2n) is 13.8. The van der Waals surface area contributed by atoms with E-state index < -0.39 is 0 Å². The summed E-state index contributed by atoms with van der Waals surface area (Å²) in [6, 6.07) is 0. The number of unbranched alkanes of at least 4 members (excludes halogenated alkanes) is 24.